The van der Waals surface area contributed by atoms with Gasteiger partial charge in [-0.25, -0.2) is 13.1 Å². The van der Waals surface area contributed by atoms with Crippen molar-refractivity contribution in [2.24, 2.45) is 11.7 Å². The third-order valence-electron chi connectivity index (χ3n) is 11.2. The van der Waals surface area contributed by atoms with Crippen molar-refractivity contribution < 1.29 is 37.5 Å². The number of carbonyl (C=O) groups excluding carboxylic acids is 5. The fourth-order valence-corrected chi connectivity index (χ4v) is 10.7. The molecule has 18 heteroatoms. The van der Waals surface area contributed by atoms with E-state index < -0.39 is 68.7 Å². The molecule has 1 saturated carbocycles. The van der Waals surface area contributed by atoms with Crippen LogP contribution in [-0.4, -0.2) is 116 Å². The lowest BCUT2D eigenvalue weighted by Crippen LogP contribution is -2.63. The fourth-order valence-electron chi connectivity index (χ4n) is 7.99. The first-order valence-corrected chi connectivity index (χ1v) is 21.3. The first kappa shape index (κ1) is 39.8. The summed E-state index contributed by atoms with van der Waals surface area (Å²) < 4.78 is 28.7. The molecular formula is C36H50N8O8S2. The lowest BCUT2D eigenvalue weighted by Gasteiger charge is -2.37. The number of sulfonamides is 1. The quantitative estimate of drug-likeness (QED) is 0.211. The number of carbonyl (C=O) groups is 5. The van der Waals surface area contributed by atoms with Crippen molar-refractivity contribution in [3.63, 3.8) is 0 Å². The summed E-state index contributed by atoms with van der Waals surface area (Å²) in [6.07, 6.45) is 7.78. The Hall–Kier alpha value is -3.87. The number of nitrogens with zero attached hydrogens (tertiary/aromatic N) is 5. The highest BCUT2D eigenvalue weighted by molar-refractivity contribution is 7.99. The topological polar surface area (TPSA) is 227 Å². The second kappa shape index (κ2) is 16.1. The predicted molar refractivity (Wildman–Crippen MR) is 198 cm³/mol. The summed E-state index contributed by atoms with van der Waals surface area (Å²) >= 11 is 1.59. The van der Waals surface area contributed by atoms with E-state index >= 15 is 0 Å². The molecule has 0 unspecified atom stereocenters. The van der Waals surface area contributed by atoms with Gasteiger partial charge in [0.2, 0.25) is 27.6 Å². The van der Waals surface area contributed by atoms with Gasteiger partial charge in [-0.05, 0) is 81.2 Å². The summed E-state index contributed by atoms with van der Waals surface area (Å²) in [4.78, 5) is 69.8. The van der Waals surface area contributed by atoms with Crippen molar-refractivity contribution in [3.05, 3.63) is 41.7 Å². The van der Waals surface area contributed by atoms with Crippen LogP contribution in [-0.2, 0) is 34.8 Å². The molecule has 1 aliphatic carbocycles. The van der Waals surface area contributed by atoms with Crippen molar-refractivity contribution in [1.29, 1.82) is 0 Å². The van der Waals surface area contributed by atoms with Gasteiger partial charge in [0.05, 0.1) is 22.8 Å². The molecule has 5 N–H and O–H groups in total. The van der Waals surface area contributed by atoms with Crippen LogP contribution in [0.1, 0.15) is 100 Å². The number of Topliss-reactive ketones (excluding diaryl/α,β-unsaturated/α-hetero) is 1. The van der Waals surface area contributed by atoms with Crippen LogP contribution < -0.4 is 16.4 Å². The molecule has 3 saturated heterocycles. The molecule has 0 radical (unpaired) electrons. The van der Waals surface area contributed by atoms with E-state index in [1.165, 1.54) is 44.3 Å². The van der Waals surface area contributed by atoms with E-state index in [9.17, 15) is 37.5 Å². The molecule has 16 nitrogen and oxygen atoms in total. The molecule has 4 aliphatic rings. The Bertz CT molecular complexity index is 1850. The highest BCUT2D eigenvalue weighted by Crippen LogP contribution is 2.35. The smallest absolute Gasteiger partial charge is 0.287 e. The highest BCUT2D eigenvalue weighted by atomic mass is 32.2. The molecule has 3 aliphatic heterocycles. The van der Waals surface area contributed by atoms with E-state index in [1.54, 1.807) is 25.6 Å². The van der Waals surface area contributed by atoms with Crippen molar-refractivity contribution >= 4 is 51.2 Å². The number of likely N-dealkylation sites (tertiary alicyclic amines) is 1. The van der Waals surface area contributed by atoms with Crippen LogP contribution in [0.4, 0.5) is 0 Å². The Morgan fingerprint density at radius 2 is 1.70 bits per heavy atom. The molecule has 1 aromatic carbocycles. The summed E-state index contributed by atoms with van der Waals surface area (Å²) in [5, 5.41) is 24.8. The molecular weight excluding hydrogens is 737 g/mol. The van der Waals surface area contributed by atoms with Gasteiger partial charge in [-0.15, -0.1) is 5.10 Å². The van der Waals surface area contributed by atoms with Gasteiger partial charge in [0.25, 0.3) is 11.8 Å². The molecule has 4 fully saturated rings. The molecule has 4 amide bonds. The number of amides is 4. The average Bonchev–Trinajstić information content (AvgIpc) is 3.79. The number of hydrogen-bond donors (Lipinski definition) is 4. The van der Waals surface area contributed by atoms with Gasteiger partial charge in [0, 0.05) is 31.6 Å². The summed E-state index contributed by atoms with van der Waals surface area (Å²) in [5.41, 5.74) is 3.13. The van der Waals surface area contributed by atoms with Crippen LogP contribution in [0, 0.1) is 5.92 Å². The molecule has 2 aromatic rings. The van der Waals surface area contributed by atoms with Crippen LogP contribution in [0.25, 0.3) is 0 Å². The van der Waals surface area contributed by atoms with Crippen LogP contribution in [0.5, 0.6) is 0 Å². The molecule has 3 atom stereocenters. The van der Waals surface area contributed by atoms with Crippen molar-refractivity contribution in [2.45, 2.75) is 112 Å². The lowest BCUT2D eigenvalue weighted by atomic mass is 9.84. The van der Waals surface area contributed by atoms with Crippen molar-refractivity contribution in [1.82, 2.24) is 34.8 Å². The van der Waals surface area contributed by atoms with Crippen LogP contribution in [0.15, 0.2) is 35.4 Å². The first-order valence-electron chi connectivity index (χ1n) is 18.7. The maximum Gasteiger partial charge on any atom is 0.287 e. The van der Waals surface area contributed by atoms with Crippen LogP contribution in [0.3, 0.4) is 0 Å². The van der Waals surface area contributed by atoms with Gasteiger partial charge in [-0.3, -0.25) is 24.0 Å². The van der Waals surface area contributed by atoms with Gasteiger partial charge in [0.1, 0.15) is 23.2 Å². The number of aliphatic hydroxyl groups is 1. The Morgan fingerprint density at radius 1 is 1.04 bits per heavy atom. The fraction of sp³-hybridized carbons (Fsp3) is 0.639. The van der Waals surface area contributed by atoms with Crippen LogP contribution in [0.2, 0.25) is 0 Å². The minimum Gasteiger partial charge on any atom is -0.384 e. The number of hydrogen-bond acceptors (Lipinski definition) is 11. The maximum absolute atomic E-state index is 14.8. The lowest BCUT2D eigenvalue weighted by molar-refractivity contribution is -0.145. The Kier molecular flexibility index (Phi) is 11.9. The molecule has 0 bridgehead atoms. The first-order chi connectivity index (χ1) is 25.6. The highest BCUT2D eigenvalue weighted by Gasteiger charge is 2.49. The number of ketones is 1. The SMILES string of the molecule is CC(C)(O)c1cnnn1[C@H]1C[C@@H](C(=O)NC2(C(=O)C(N)=O)CCSCC2)N(C(=O)[C@@H](CC2CCCCC2)NC(=O)c2ccc(S(=O)(=O)N3CCC3)cc2)C1. The van der Waals surface area contributed by atoms with Crippen LogP contribution >= 0.6 is 11.8 Å². The Morgan fingerprint density at radius 3 is 2.30 bits per heavy atom. The summed E-state index contributed by atoms with van der Waals surface area (Å²) in [7, 11) is -3.66. The average molecular weight is 787 g/mol. The molecule has 54 heavy (non-hydrogen) atoms. The molecule has 294 valence electrons. The van der Waals surface area contributed by atoms with Crippen molar-refractivity contribution in [3.8, 4) is 0 Å². The normalized spacial score (nSPS) is 22.9. The number of rotatable bonds is 13. The third-order valence-corrected chi connectivity index (χ3v) is 14.1. The summed E-state index contributed by atoms with van der Waals surface area (Å²) in [6, 6.07) is 2.83. The minimum absolute atomic E-state index is 0.0178. The van der Waals surface area contributed by atoms with E-state index in [2.05, 4.69) is 20.9 Å². The monoisotopic (exact) mass is 786 g/mol. The molecule has 6 rings (SSSR count). The van der Waals surface area contributed by atoms with Gasteiger partial charge >= 0.3 is 0 Å². The zero-order valence-electron chi connectivity index (χ0n) is 30.7. The number of primary amides is 1. The second-order valence-electron chi connectivity index (χ2n) is 15.4. The summed E-state index contributed by atoms with van der Waals surface area (Å²) in [6.45, 7) is 4.03. The van der Waals surface area contributed by atoms with Crippen molar-refractivity contribution in [2.75, 3.05) is 31.1 Å². The largest absolute Gasteiger partial charge is 0.384 e. The Labute approximate surface area is 319 Å². The number of benzene rings is 1. The van der Waals surface area contributed by atoms with E-state index in [0.29, 0.717) is 36.7 Å². The number of aromatic nitrogens is 3. The number of thioether (sulfide) groups is 1. The maximum atomic E-state index is 14.8. The summed E-state index contributed by atoms with van der Waals surface area (Å²) in [5.74, 6) is -2.59. The molecule has 0 spiro atoms. The molecule has 1 aromatic heterocycles. The minimum atomic E-state index is -3.66. The van der Waals surface area contributed by atoms with E-state index in [1.807, 2.05) is 0 Å². The van der Waals surface area contributed by atoms with Gasteiger partial charge in [0.15, 0.2) is 0 Å². The van der Waals surface area contributed by atoms with Gasteiger partial charge in [-0.2, -0.15) is 16.1 Å². The number of nitrogens with two attached hydrogens (primary N) is 1. The van der Waals surface area contributed by atoms with E-state index in [-0.39, 0.29) is 42.2 Å². The Balaban J connectivity index is 1.30. The zero-order chi connectivity index (χ0) is 38.8. The number of nitrogens with one attached hydrogen (secondary N) is 2. The zero-order valence-corrected chi connectivity index (χ0v) is 32.4. The second-order valence-corrected chi connectivity index (χ2v) is 18.6. The molecule has 4 heterocycles. The van der Waals surface area contributed by atoms with E-state index in [4.69, 9.17) is 5.73 Å². The van der Waals surface area contributed by atoms with E-state index in [0.717, 1.165) is 38.5 Å². The van der Waals surface area contributed by atoms with Gasteiger partial charge < -0.3 is 26.4 Å². The predicted octanol–water partition coefficient (Wildman–Crippen LogP) is 1.25. The van der Waals surface area contributed by atoms with Gasteiger partial charge in [-0.1, -0.05) is 37.3 Å². The standard InChI is InChI=1S/C36H50N8O8S2/c1-35(2,50)29-21-38-41-44(29)25-20-28(33(48)40-36(30(45)31(37)46)13-17-53-18-14-36)43(22-25)34(49)27(19-23-7-4-3-5-8-23)39-32(47)24-9-11-26(12-10-24)54(51,52)42-15-6-16-42/h9-12,21,23,25,27-28,50H,3-8,13-20,22H2,1-2H3,(H2,37,46)(H,39,47)(H,40,48)/t25-,27+,28-/m0/s1. The third kappa shape index (κ3) is 8.35.